The minimum absolute atomic E-state index is 0.204. The summed E-state index contributed by atoms with van der Waals surface area (Å²) in [5.74, 6) is 0.652. The van der Waals surface area contributed by atoms with Crippen LogP contribution in [-0.4, -0.2) is 61.2 Å². The maximum absolute atomic E-state index is 11.4. The molecule has 0 atom stereocenters. The molecule has 24 heavy (non-hydrogen) atoms. The molecule has 3 rings (SSSR count). The van der Waals surface area contributed by atoms with E-state index in [4.69, 9.17) is 9.15 Å². The van der Waals surface area contributed by atoms with Crippen molar-refractivity contribution in [3.63, 3.8) is 0 Å². The molecule has 8 nitrogen and oxygen atoms in total. The standard InChI is InChI=1S/C16H20N4O4/c1-22-14-4-3-12(9-17-14)20-7-5-19(6-8-20)10-15-18-13(11-24-15)16(21)23-2/h3-4,9,11H,5-8,10H2,1-2H3. The van der Waals surface area contributed by atoms with E-state index < -0.39 is 5.97 Å². The summed E-state index contributed by atoms with van der Waals surface area (Å²) in [6.07, 6.45) is 3.16. The summed E-state index contributed by atoms with van der Waals surface area (Å²) >= 11 is 0. The summed E-state index contributed by atoms with van der Waals surface area (Å²) in [6.45, 7) is 4.10. The summed E-state index contributed by atoms with van der Waals surface area (Å²) in [5.41, 5.74) is 1.29. The minimum atomic E-state index is -0.484. The van der Waals surface area contributed by atoms with Gasteiger partial charge >= 0.3 is 5.97 Å². The largest absolute Gasteiger partial charge is 0.481 e. The summed E-state index contributed by atoms with van der Waals surface area (Å²) in [5, 5.41) is 0. The Morgan fingerprint density at radius 3 is 2.67 bits per heavy atom. The van der Waals surface area contributed by atoms with E-state index in [0.29, 0.717) is 18.3 Å². The lowest BCUT2D eigenvalue weighted by Crippen LogP contribution is -2.46. The second kappa shape index (κ2) is 7.31. The molecule has 8 heteroatoms. The molecule has 0 amide bonds. The number of rotatable bonds is 5. The van der Waals surface area contributed by atoms with Crippen molar-refractivity contribution in [2.24, 2.45) is 0 Å². The highest BCUT2D eigenvalue weighted by Crippen LogP contribution is 2.18. The molecule has 0 spiro atoms. The lowest BCUT2D eigenvalue weighted by atomic mass is 10.2. The van der Waals surface area contributed by atoms with Crippen molar-refractivity contribution in [3.05, 3.63) is 36.2 Å². The molecule has 128 valence electrons. The first-order chi connectivity index (χ1) is 11.7. The molecule has 0 radical (unpaired) electrons. The molecule has 0 N–H and O–H groups in total. The number of piperazine rings is 1. The van der Waals surface area contributed by atoms with Gasteiger partial charge in [0, 0.05) is 32.2 Å². The SMILES string of the molecule is COC(=O)c1coc(CN2CCN(c3ccc(OC)nc3)CC2)n1. The maximum Gasteiger partial charge on any atom is 0.360 e. The Kier molecular flexibility index (Phi) is 4.95. The van der Waals surface area contributed by atoms with Crippen molar-refractivity contribution in [2.75, 3.05) is 45.3 Å². The molecule has 1 aliphatic heterocycles. The first kappa shape index (κ1) is 16.3. The molecule has 2 aromatic rings. The fourth-order valence-corrected chi connectivity index (χ4v) is 2.62. The van der Waals surface area contributed by atoms with Crippen molar-refractivity contribution in [2.45, 2.75) is 6.54 Å². The van der Waals surface area contributed by atoms with E-state index in [1.54, 1.807) is 7.11 Å². The minimum Gasteiger partial charge on any atom is -0.481 e. The number of ether oxygens (including phenoxy) is 2. The van der Waals surface area contributed by atoms with Gasteiger partial charge in [-0.25, -0.2) is 14.8 Å². The third-order valence-electron chi connectivity index (χ3n) is 3.97. The van der Waals surface area contributed by atoms with Crippen LogP contribution in [0, 0.1) is 0 Å². The van der Waals surface area contributed by atoms with Gasteiger partial charge in [-0.15, -0.1) is 0 Å². The fourth-order valence-electron chi connectivity index (χ4n) is 2.62. The average Bonchev–Trinajstić information content (AvgIpc) is 3.10. The third kappa shape index (κ3) is 3.65. The number of hydrogen-bond acceptors (Lipinski definition) is 8. The number of pyridine rings is 1. The Morgan fingerprint density at radius 2 is 2.04 bits per heavy atom. The number of hydrogen-bond donors (Lipinski definition) is 0. The van der Waals surface area contributed by atoms with Crippen LogP contribution < -0.4 is 9.64 Å². The number of nitrogens with zero attached hydrogens (tertiary/aromatic N) is 4. The molecule has 3 heterocycles. The van der Waals surface area contributed by atoms with Crippen molar-refractivity contribution < 1.29 is 18.7 Å². The van der Waals surface area contributed by atoms with Crippen molar-refractivity contribution in [1.82, 2.24) is 14.9 Å². The van der Waals surface area contributed by atoms with E-state index >= 15 is 0 Å². The zero-order valence-electron chi connectivity index (χ0n) is 13.8. The Bertz CT molecular complexity index is 678. The maximum atomic E-state index is 11.4. The van der Waals surface area contributed by atoms with Crippen molar-refractivity contribution in [1.29, 1.82) is 0 Å². The third-order valence-corrected chi connectivity index (χ3v) is 3.97. The van der Waals surface area contributed by atoms with Crippen LogP contribution in [0.3, 0.4) is 0 Å². The van der Waals surface area contributed by atoms with Gasteiger partial charge < -0.3 is 18.8 Å². The molecule has 0 saturated carbocycles. The molecule has 1 aliphatic rings. The predicted molar refractivity (Wildman–Crippen MR) is 86.1 cm³/mol. The lowest BCUT2D eigenvalue weighted by molar-refractivity contribution is 0.0594. The van der Waals surface area contributed by atoms with Crippen LogP contribution in [0.1, 0.15) is 16.4 Å². The second-order valence-corrected chi connectivity index (χ2v) is 5.44. The van der Waals surface area contributed by atoms with Gasteiger partial charge in [-0.05, 0) is 6.07 Å². The summed E-state index contributed by atoms with van der Waals surface area (Å²) < 4.78 is 15.0. The number of anilines is 1. The van der Waals surface area contributed by atoms with Crippen LogP contribution in [0.2, 0.25) is 0 Å². The molecule has 1 fully saturated rings. The van der Waals surface area contributed by atoms with E-state index in [2.05, 4.69) is 24.5 Å². The smallest absolute Gasteiger partial charge is 0.360 e. The van der Waals surface area contributed by atoms with E-state index in [1.165, 1.54) is 13.4 Å². The number of oxazole rings is 1. The van der Waals surface area contributed by atoms with Gasteiger partial charge in [0.2, 0.25) is 11.8 Å². The van der Waals surface area contributed by atoms with Crippen molar-refractivity contribution >= 4 is 11.7 Å². The average molecular weight is 332 g/mol. The molecule has 1 saturated heterocycles. The van der Waals surface area contributed by atoms with Gasteiger partial charge in [0.15, 0.2) is 5.69 Å². The number of aromatic nitrogens is 2. The Hall–Kier alpha value is -2.61. The van der Waals surface area contributed by atoms with Crippen LogP contribution in [-0.2, 0) is 11.3 Å². The molecule has 0 bridgehead atoms. The van der Waals surface area contributed by atoms with E-state index in [0.717, 1.165) is 31.9 Å². The molecular weight excluding hydrogens is 312 g/mol. The number of methoxy groups -OCH3 is 2. The summed E-state index contributed by atoms with van der Waals surface area (Å²) in [7, 11) is 2.93. The summed E-state index contributed by atoms with van der Waals surface area (Å²) in [4.78, 5) is 24.3. The van der Waals surface area contributed by atoms with E-state index in [1.807, 2.05) is 18.3 Å². The highest BCUT2D eigenvalue weighted by molar-refractivity contribution is 5.86. The second-order valence-electron chi connectivity index (χ2n) is 5.44. The zero-order chi connectivity index (χ0) is 16.9. The van der Waals surface area contributed by atoms with Crippen LogP contribution in [0.4, 0.5) is 5.69 Å². The predicted octanol–water partition coefficient (Wildman–Crippen LogP) is 1.19. The van der Waals surface area contributed by atoms with Crippen LogP contribution in [0.25, 0.3) is 0 Å². The number of carbonyl (C=O) groups excluding carboxylic acids is 1. The molecule has 0 aromatic carbocycles. The fraction of sp³-hybridized carbons (Fsp3) is 0.438. The van der Waals surface area contributed by atoms with Gasteiger partial charge in [0.05, 0.1) is 32.6 Å². The molecule has 0 aliphatic carbocycles. The van der Waals surface area contributed by atoms with Crippen molar-refractivity contribution in [3.8, 4) is 5.88 Å². The van der Waals surface area contributed by atoms with Crippen LogP contribution in [0.5, 0.6) is 5.88 Å². The normalized spacial score (nSPS) is 15.3. The highest BCUT2D eigenvalue weighted by Gasteiger charge is 2.20. The Balaban J connectivity index is 1.53. The number of esters is 1. The molecular formula is C16H20N4O4. The monoisotopic (exact) mass is 332 g/mol. The molecule has 0 unspecified atom stereocenters. The Labute approximate surface area is 140 Å². The van der Waals surface area contributed by atoms with Crippen LogP contribution >= 0.6 is 0 Å². The van der Waals surface area contributed by atoms with Gasteiger partial charge in [-0.2, -0.15) is 0 Å². The topological polar surface area (TPSA) is 80.9 Å². The lowest BCUT2D eigenvalue weighted by Gasteiger charge is -2.35. The van der Waals surface area contributed by atoms with Gasteiger partial charge in [0.25, 0.3) is 0 Å². The summed E-state index contributed by atoms with van der Waals surface area (Å²) in [6, 6.07) is 3.88. The van der Waals surface area contributed by atoms with Gasteiger partial charge in [0.1, 0.15) is 6.26 Å². The number of carbonyl (C=O) groups is 1. The highest BCUT2D eigenvalue weighted by atomic mass is 16.5. The van der Waals surface area contributed by atoms with E-state index in [-0.39, 0.29) is 5.69 Å². The molecule has 2 aromatic heterocycles. The Morgan fingerprint density at radius 1 is 1.25 bits per heavy atom. The van der Waals surface area contributed by atoms with E-state index in [9.17, 15) is 4.79 Å². The zero-order valence-corrected chi connectivity index (χ0v) is 13.8. The van der Waals surface area contributed by atoms with Crippen LogP contribution in [0.15, 0.2) is 29.0 Å². The quantitative estimate of drug-likeness (QED) is 0.755. The first-order valence-corrected chi connectivity index (χ1v) is 7.69. The van der Waals surface area contributed by atoms with Gasteiger partial charge in [-0.3, -0.25) is 4.90 Å². The first-order valence-electron chi connectivity index (χ1n) is 7.69. The van der Waals surface area contributed by atoms with Gasteiger partial charge in [-0.1, -0.05) is 0 Å².